The van der Waals surface area contributed by atoms with Gasteiger partial charge in [-0.2, -0.15) is 0 Å². The van der Waals surface area contributed by atoms with E-state index in [1.54, 1.807) is 30.3 Å². The van der Waals surface area contributed by atoms with E-state index in [0.29, 0.717) is 49.0 Å². The number of halogens is 1. The molecule has 0 bridgehead atoms. The molecular weight excluding hydrogens is 444 g/mol. The Hall–Kier alpha value is -3.10. The second-order valence-electron chi connectivity index (χ2n) is 9.06. The average molecular weight is 473 g/mol. The van der Waals surface area contributed by atoms with Crippen molar-refractivity contribution in [3.05, 3.63) is 58.6 Å². The van der Waals surface area contributed by atoms with E-state index in [0.717, 1.165) is 5.69 Å². The molecule has 1 aliphatic rings. The lowest BCUT2D eigenvalue weighted by Crippen LogP contribution is -2.51. The van der Waals surface area contributed by atoms with Crippen LogP contribution in [-0.2, 0) is 4.79 Å². The molecule has 0 radical (unpaired) electrons. The third-order valence-corrected chi connectivity index (χ3v) is 5.44. The Labute approximate surface area is 198 Å². The minimum absolute atomic E-state index is 0.0160. The number of carbonyl (C=O) groups excluding carboxylic acids is 2. The summed E-state index contributed by atoms with van der Waals surface area (Å²) in [6, 6.07) is 11.2. The molecule has 1 aliphatic heterocycles. The van der Waals surface area contributed by atoms with Crippen molar-refractivity contribution >= 4 is 40.8 Å². The number of hydrogen-bond acceptors (Lipinski definition) is 5. The van der Waals surface area contributed by atoms with Crippen molar-refractivity contribution in [3.8, 4) is 0 Å². The number of amides is 2. The van der Waals surface area contributed by atoms with Crippen molar-refractivity contribution in [2.75, 3.05) is 42.9 Å². The van der Waals surface area contributed by atoms with Gasteiger partial charge < -0.3 is 20.6 Å². The zero-order valence-electron chi connectivity index (χ0n) is 19.0. The summed E-state index contributed by atoms with van der Waals surface area (Å²) in [6.45, 7) is 8.78. The van der Waals surface area contributed by atoms with Crippen LogP contribution in [0.3, 0.4) is 0 Å². The zero-order valence-corrected chi connectivity index (χ0v) is 19.8. The van der Waals surface area contributed by atoms with Crippen molar-refractivity contribution in [2.45, 2.75) is 26.3 Å². The predicted octanol–water partition coefficient (Wildman–Crippen LogP) is 3.33. The highest BCUT2D eigenvalue weighted by Crippen LogP contribution is 2.29. The molecule has 33 heavy (non-hydrogen) atoms. The maximum absolute atomic E-state index is 12.8. The summed E-state index contributed by atoms with van der Waals surface area (Å²) in [5.74, 6) is -1.44. The lowest BCUT2D eigenvalue weighted by atomic mass is 10.1. The second-order valence-corrected chi connectivity index (χ2v) is 9.50. The molecule has 1 saturated heterocycles. The van der Waals surface area contributed by atoms with Gasteiger partial charge in [-0.1, -0.05) is 11.6 Å². The number of anilines is 2. The fraction of sp³-hybridized carbons (Fsp3) is 0.375. The molecule has 0 atom stereocenters. The molecule has 8 nitrogen and oxygen atoms in total. The molecule has 2 aromatic rings. The third-order valence-electron chi connectivity index (χ3n) is 5.19. The van der Waals surface area contributed by atoms with Gasteiger partial charge in [0.1, 0.15) is 0 Å². The number of nitrogens with zero attached hydrogens (tertiary/aromatic N) is 2. The Bertz CT molecular complexity index is 1030. The van der Waals surface area contributed by atoms with E-state index in [2.05, 4.69) is 20.4 Å². The first kappa shape index (κ1) is 24.5. The highest BCUT2D eigenvalue weighted by Gasteiger charge is 2.23. The Morgan fingerprint density at radius 2 is 1.58 bits per heavy atom. The Balaban J connectivity index is 1.72. The SMILES string of the molecule is CC(C)(C)NC(=O)CN1CCN(c2ccc(C(=O)O)cc2NC(=O)c2ccc(Cl)cc2)CC1. The topological polar surface area (TPSA) is 102 Å². The summed E-state index contributed by atoms with van der Waals surface area (Å²) in [4.78, 5) is 40.6. The van der Waals surface area contributed by atoms with Crippen molar-refractivity contribution in [1.29, 1.82) is 0 Å². The number of hydrogen-bond donors (Lipinski definition) is 3. The molecular formula is C24H29ClN4O4. The van der Waals surface area contributed by atoms with E-state index in [1.807, 2.05) is 20.8 Å². The minimum atomic E-state index is -1.07. The fourth-order valence-corrected chi connectivity index (χ4v) is 3.77. The van der Waals surface area contributed by atoms with E-state index in [1.165, 1.54) is 12.1 Å². The van der Waals surface area contributed by atoms with E-state index in [4.69, 9.17) is 11.6 Å². The van der Waals surface area contributed by atoms with Gasteiger partial charge in [-0.05, 0) is 63.2 Å². The molecule has 0 aromatic heterocycles. The Morgan fingerprint density at radius 1 is 0.970 bits per heavy atom. The number of carboxylic acids is 1. The first-order valence-corrected chi connectivity index (χ1v) is 11.1. The average Bonchev–Trinajstić information content (AvgIpc) is 2.73. The lowest BCUT2D eigenvalue weighted by molar-refractivity contribution is -0.123. The second kappa shape index (κ2) is 10.2. The Morgan fingerprint density at radius 3 is 2.15 bits per heavy atom. The van der Waals surface area contributed by atoms with Gasteiger partial charge in [0.15, 0.2) is 0 Å². The van der Waals surface area contributed by atoms with Gasteiger partial charge in [0.25, 0.3) is 5.91 Å². The summed E-state index contributed by atoms with van der Waals surface area (Å²) in [7, 11) is 0. The first-order valence-electron chi connectivity index (χ1n) is 10.7. The maximum Gasteiger partial charge on any atom is 0.335 e. The number of piperazine rings is 1. The number of nitrogens with one attached hydrogen (secondary N) is 2. The molecule has 0 saturated carbocycles. The van der Waals surface area contributed by atoms with Crippen LogP contribution in [0.5, 0.6) is 0 Å². The molecule has 0 unspecified atom stereocenters. The standard InChI is InChI=1S/C24H29ClN4O4/c1-24(2,3)27-21(30)15-28-10-12-29(13-11-28)20-9-6-17(23(32)33)14-19(20)26-22(31)16-4-7-18(25)8-5-16/h4-9,14H,10-13,15H2,1-3H3,(H,26,31)(H,27,30)(H,32,33). The van der Waals surface area contributed by atoms with Crippen LogP contribution >= 0.6 is 11.6 Å². The number of aromatic carboxylic acids is 1. The Kier molecular flexibility index (Phi) is 7.61. The first-order chi connectivity index (χ1) is 15.5. The van der Waals surface area contributed by atoms with Crippen molar-refractivity contribution in [2.24, 2.45) is 0 Å². The summed E-state index contributed by atoms with van der Waals surface area (Å²) in [5.41, 5.74) is 1.39. The van der Waals surface area contributed by atoms with Gasteiger partial charge in [0.2, 0.25) is 5.91 Å². The minimum Gasteiger partial charge on any atom is -0.478 e. The van der Waals surface area contributed by atoms with Gasteiger partial charge in [0.05, 0.1) is 23.5 Å². The lowest BCUT2D eigenvalue weighted by Gasteiger charge is -2.37. The van der Waals surface area contributed by atoms with Crippen LogP contribution in [0.4, 0.5) is 11.4 Å². The van der Waals surface area contributed by atoms with E-state index < -0.39 is 5.97 Å². The molecule has 0 spiro atoms. The summed E-state index contributed by atoms with van der Waals surface area (Å²) < 4.78 is 0. The van der Waals surface area contributed by atoms with Crippen LogP contribution in [-0.4, -0.2) is 66.1 Å². The molecule has 9 heteroatoms. The molecule has 1 heterocycles. The van der Waals surface area contributed by atoms with E-state index >= 15 is 0 Å². The van der Waals surface area contributed by atoms with Crippen molar-refractivity contribution in [1.82, 2.24) is 10.2 Å². The zero-order chi connectivity index (χ0) is 24.2. The molecule has 3 rings (SSSR count). The number of carbonyl (C=O) groups is 3. The van der Waals surface area contributed by atoms with E-state index in [9.17, 15) is 19.5 Å². The van der Waals surface area contributed by atoms with Crippen molar-refractivity contribution in [3.63, 3.8) is 0 Å². The highest BCUT2D eigenvalue weighted by atomic mass is 35.5. The third kappa shape index (κ3) is 6.94. The molecule has 2 aromatic carbocycles. The van der Waals surface area contributed by atoms with Gasteiger partial charge in [-0.3, -0.25) is 14.5 Å². The highest BCUT2D eigenvalue weighted by molar-refractivity contribution is 6.30. The van der Waals surface area contributed by atoms with Crippen LogP contribution in [0.25, 0.3) is 0 Å². The largest absolute Gasteiger partial charge is 0.478 e. The quantitative estimate of drug-likeness (QED) is 0.596. The molecule has 2 amide bonds. The maximum atomic E-state index is 12.8. The van der Waals surface area contributed by atoms with Gasteiger partial charge in [-0.15, -0.1) is 0 Å². The molecule has 0 aliphatic carbocycles. The van der Waals surface area contributed by atoms with Crippen LogP contribution in [0.15, 0.2) is 42.5 Å². The number of carboxylic acid groups (broad SMARTS) is 1. The smallest absolute Gasteiger partial charge is 0.335 e. The fourth-order valence-electron chi connectivity index (χ4n) is 3.65. The van der Waals surface area contributed by atoms with Crippen LogP contribution in [0.2, 0.25) is 5.02 Å². The monoisotopic (exact) mass is 472 g/mol. The normalized spacial score (nSPS) is 14.6. The molecule has 3 N–H and O–H groups in total. The summed E-state index contributed by atoms with van der Waals surface area (Å²) in [6.07, 6.45) is 0. The van der Waals surface area contributed by atoms with Gasteiger partial charge >= 0.3 is 5.97 Å². The number of rotatable bonds is 6. The molecule has 1 fully saturated rings. The van der Waals surface area contributed by atoms with E-state index in [-0.39, 0.29) is 22.9 Å². The van der Waals surface area contributed by atoms with Gasteiger partial charge in [0, 0.05) is 42.3 Å². The van der Waals surface area contributed by atoms with Crippen LogP contribution in [0.1, 0.15) is 41.5 Å². The van der Waals surface area contributed by atoms with Crippen molar-refractivity contribution < 1.29 is 19.5 Å². The molecule has 176 valence electrons. The van der Waals surface area contributed by atoms with Crippen LogP contribution in [0, 0.1) is 0 Å². The summed E-state index contributed by atoms with van der Waals surface area (Å²) in [5, 5.41) is 15.7. The predicted molar refractivity (Wildman–Crippen MR) is 129 cm³/mol. The van der Waals surface area contributed by atoms with Crippen LogP contribution < -0.4 is 15.5 Å². The number of benzene rings is 2. The summed E-state index contributed by atoms with van der Waals surface area (Å²) >= 11 is 5.90. The van der Waals surface area contributed by atoms with Gasteiger partial charge in [-0.25, -0.2) is 4.79 Å².